The average Bonchev–Trinajstić information content (AvgIpc) is 2.63. The maximum atomic E-state index is 13.2. The van der Waals surface area contributed by atoms with Crippen molar-refractivity contribution in [2.45, 2.75) is 39.3 Å². The van der Waals surface area contributed by atoms with E-state index in [1.807, 2.05) is 53.4 Å². The van der Waals surface area contributed by atoms with Gasteiger partial charge in [0.2, 0.25) is 0 Å². The molecule has 2 aromatic carbocycles. The lowest BCUT2D eigenvalue weighted by atomic mass is 9.92. The highest BCUT2D eigenvalue weighted by Crippen LogP contribution is 2.41. The number of nitrogens with one attached hydrogen (secondary N) is 1. The lowest BCUT2D eigenvalue weighted by Gasteiger charge is -2.47. The van der Waals surface area contributed by atoms with Crippen LogP contribution in [-0.2, 0) is 5.66 Å². The first-order valence-corrected chi connectivity index (χ1v) is 9.03. The topological polar surface area (TPSA) is 41.6 Å². The molecule has 1 aliphatic heterocycles. The van der Waals surface area contributed by atoms with E-state index in [1.165, 1.54) is 0 Å². The monoisotopic (exact) mass is 338 g/mol. The second-order valence-corrected chi connectivity index (χ2v) is 6.54. The summed E-state index contributed by atoms with van der Waals surface area (Å²) in [6.07, 6.45) is 1.84. The Morgan fingerprint density at radius 1 is 1.04 bits per heavy atom. The molecule has 0 bridgehead atoms. The fourth-order valence-electron chi connectivity index (χ4n) is 3.42. The van der Waals surface area contributed by atoms with Crippen LogP contribution in [0.5, 0.6) is 5.75 Å². The fraction of sp³-hybridized carbons (Fsp3) is 0.381. The van der Waals surface area contributed by atoms with Gasteiger partial charge in [0.25, 0.3) is 5.91 Å². The van der Waals surface area contributed by atoms with E-state index < -0.39 is 5.66 Å². The maximum Gasteiger partial charge on any atom is 0.258 e. The van der Waals surface area contributed by atoms with Crippen molar-refractivity contribution in [3.05, 3.63) is 59.7 Å². The van der Waals surface area contributed by atoms with Gasteiger partial charge in [0.1, 0.15) is 11.4 Å². The van der Waals surface area contributed by atoms with Gasteiger partial charge in [0.15, 0.2) is 0 Å². The van der Waals surface area contributed by atoms with Gasteiger partial charge in [0, 0.05) is 17.8 Å². The molecule has 0 fully saturated rings. The highest BCUT2D eigenvalue weighted by Gasteiger charge is 2.43. The minimum atomic E-state index is -0.647. The number of hydrogen-bond acceptors (Lipinski definition) is 3. The SMILES string of the molecule is CCCOc1ccccc1C1(C)Nc2ccccc2C(=O)N1CCC. The lowest BCUT2D eigenvalue weighted by molar-refractivity contribution is 0.0529. The summed E-state index contributed by atoms with van der Waals surface area (Å²) in [5, 5.41) is 3.60. The Balaban J connectivity index is 2.11. The van der Waals surface area contributed by atoms with Crippen LogP contribution in [-0.4, -0.2) is 24.0 Å². The quantitative estimate of drug-likeness (QED) is 0.835. The van der Waals surface area contributed by atoms with Crippen LogP contribution >= 0.6 is 0 Å². The number of anilines is 1. The number of fused-ring (bicyclic) bond motifs is 1. The van der Waals surface area contributed by atoms with Crippen molar-refractivity contribution in [1.82, 2.24) is 4.90 Å². The van der Waals surface area contributed by atoms with Crippen LogP contribution in [0.25, 0.3) is 0 Å². The Morgan fingerprint density at radius 2 is 1.76 bits per heavy atom. The average molecular weight is 338 g/mol. The predicted octanol–water partition coefficient (Wildman–Crippen LogP) is 4.63. The molecule has 0 spiro atoms. The molecular weight excluding hydrogens is 312 g/mol. The van der Waals surface area contributed by atoms with Gasteiger partial charge in [0.05, 0.1) is 12.2 Å². The van der Waals surface area contributed by atoms with Crippen LogP contribution in [0.3, 0.4) is 0 Å². The summed E-state index contributed by atoms with van der Waals surface area (Å²) in [7, 11) is 0. The molecule has 1 unspecified atom stereocenters. The molecule has 1 amide bonds. The number of benzene rings is 2. The van der Waals surface area contributed by atoms with Crippen molar-refractivity contribution in [2.75, 3.05) is 18.5 Å². The van der Waals surface area contributed by atoms with Gasteiger partial charge in [-0.15, -0.1) is 0 Å². The van der Waals surface area contributed by atoms with Crippen molar-refractivity contribution in [2.24, 2.45) is 0 Å². The largest absolute Gasteiger partial charge is 0.493 e. The van der Waals surface area contributed by atoms with E-state index in [0.29, 0.717) is 13.2 Å². The molecule has 25 heavy (non-hydrogen) atoms. The molecule has 0 saturated heterocycles. The van der Waals surface area contributed by atoms with E-state index in [4.69, 9.17) is 4.74 Å². The maximum absolute atomic E-state index is 13.2. The van der Waals surface area contributed by atoms with Crippen molar-refractivity contribution in [1.29, 1.82) is 0 Å². The fourth-order valence-corrected chi connectivity index (χ4v) is 3.42. The number of hydrogen-bond donors (Lipinski definition) is 1. The highest BCUT2D eigenvalue weighted by molar-refractivity contribution is 6.02. The molecule has 1 atom stereocenters. The zero-order chi connectivity index (χ0) is 17.9. The summed E-state index contributed by atoms with van der Waals surface area (Å²) >= 11 is 0. The molecule has 2 aromatic rings. The first-order chi connectivity index (χ1) is 12.1. The van der Waals surface area contributed by atoms with Gasteiger partial charge < -0.3 is 15.0 Å². The van der Waals surface area contributed by atoms with Crippen molar-refractivity contribution >= 4 is 11.6 Å². The Bertz CT molecular complexity index is 759. The standard InChI is InChI=1S/C21H26N2O2/c1-4-14-23-20(24)16-10-6-8-12-18(16)22-21(23,3)17-11-7-9-13-19(17)25-15-5-2/h6-13,22H,4-5,14-15H2,1-3H3. The van der Waals surface area contributed by atoms with Gasteiger partial charge in [-0.25, -0.2) is 0 Å². The Hall–Kier alpha value is -2.49. The summed E-state index contributed by atoms with van der Waals surface area (Å²) in [5.41, 5.74) is 1.93. The first kappa shape index (κ1) is 17.3. The second-order valence-electron chi connectivity index (χ2n) is 6.54. The number of para-hydroxylation sites is 2. The van der Waals surface area contributed by atoms with Gasteiger partial charge in [-0.2, -0.15) is 0 Å². The zero-order valence-corrected chi connectivity index (χ0v) is 15.2. The number of rotatable bonds is 6. The van der Waals surface area contributed by atoms with E-state index in [-0.39, 0.29) is 5.91 Å². The van der Waals surface area contributed by atoms with Crippen molar-refractivity contribution < 1.29 is 9.53 Å². The molecule has 0 radical (unpaired) electrons. The summed E-state index contributed by atoms with van der Waals surface area (Å²) in [6, 6.07) is 15.7. The van der Waals surface area contributed by atoms with Crippen molar-refractivity contribution in [3.63, 3.8) is 0 Å². The molecule has 4 heteroatoms. The van der Waals surface area contributed by atoms with Gasteiger partial charge in [-0.05, 0) is 38.0 Å². The summed E-state index contributed by atoms with van der Waals surface area (Å²) in [5.74, 6) is 0.886. The molecule has 132 valence electrons. The first-order valence-electron chi connectivity index (χ1n) is 9.03. The van der Waals surface area contributed by atoms with Crippen LogP contribution in [0.2, 0.25) is 0 Å². The van der Waals surface area contributed by atoms with E-state index in [2.05, 4.69) is 26.1 Å². The Labute approximate surface area is 149 Å². The molecule has 0 aromatic heterocycles. The predicted molar refractivity (Wildman–Crippen MR) is 101 cm³/mol. The number of nitrogens with zero attached hydrogens (tertiary/aromatic N) is 1. The molecule has 1 N–H and O–H groups in total. The van der Waals surface area contributed by atoms with Crippen LogP contribution in [0, 0.1) is 0 Å². The van der Waals surface area contributed by atoms with Crippen molar-refractivity contribution in [3.8, 4) is 5.75 Å². The molecule has 0 aliphatic carbocycles. The molecule has 1 heterocycles. The smallest absolute Gasteiger partial charge is 0.258 e. The zero-order valence-electron chi connectivity index (χ0n) is 15.2. The van der Waals surface area contributed by atoms with E-state index in [9.17, 15) is 4.79 Å². The molecular formula is C21H26N2O2. The number of ether oxygens (including phenoxy) is 1. The summed E-state index contributed by atoms with van der Waals surface area (Å²) < 4.78 is 5.98. The normalized spacial score (nSPS) is 19.3. The van der Waals surface area contributed by atoms with Crippen LogP contribution in [0.4, 0.5) is 5.69 Å². The third kappa shape index (κ3) is 3.09. The van der Waals surface area contributed by atoms with Gasteiger partial charge in [-0.3, -0.25) is 4.79 Å². The Kier molecular flexibility index (Phi) is 4.98. The highest BCUT2D eigenvalue weighted by atomic mass is 16.5. The van der Waals surface area contributed by atoms with E-state index in [1.54, 1.807) is 0 Å². The summed E-state index contributed by atoms with van der Waals surface area (Å²) in [4.78, 5) is 15.1. The lowest BCUT2D eigenvalue weighted by Crippen LogP contribution is -2.56. The molecule has 1 aliphatic rings. The minimum absolute atomic E-state index is 0.0593. The second kappa shape index (κ2) is 7.18. The van der Waals surface area contributed by atoms with Gasteiger partial charge >= 0.3 is 0 Å². The van der Waals surface area contributed by atoms with Crippen LogP contribution < -0.4 is 10.1 Å². The third-order valence-electron chi connectivity index (χ3n) is 4.64. The molecule has 3 rings (SSSR count). The number of carbonyl (C=O) groups excluding carboxylic acids is 1. The van der Waals surface area contributed by atoms with Crippen LogP contribution in [0.15, 0.2) is 48.5 Å². The molecule has 4 nitrogen and oxygen atoms in total. The number of amides is 1. The third-order valence-corrected chi connectivity index (χ3v) is 4.64. The molecule has 0 saturated carbocycles. The summed E-state index contributed by atoms with van der Waals surface area (Å²) in [6.45, 7) is 7.58. The van der Waals surface area contributed by atoms with E-state index >= 15 is 0 Å². The number of carbonyl (C=O) groups is 1. The van der Waals surface area contributed by atoms with E-state index in [0.717, 1.165) is 35.4 Å². The van der Waals surface area contributed by atoms with Crippen LogP contribution in [0.1, 0.15) is 49.5 Å². The van der Waals surface area contributed by atoms with Gasteiger partial charge in [-0.1, -0.05) is 44.2 Å². The Morgan fingerprint density at radius 3 is 2.52 bits per heavy atom. The minimum Gasteiger partial charge on any atom is -0.493 e.